The zero-order valence-corrected chi connectivity index (χ0v) is 13.6. The summed E-state index contributed by atoms with van der Waals surface area (Å²) in [7, 11) is 1.60. The van der Waals surface area contributed by atoms with Gasteiger partial charge < -0.3 is 14.8 Å². The number of hydrogen-bond donors (Lipinski definition) is 2. The second-order valence-corrected chi connectivity index (χ2v) is 6.00. The first-order valence-corrected chi connectivity index (χ1v) is 7.81. The van der Waals surface area contributed by atoms with Crippen LogP contribution in [0.1, 0.15) is 23.8 Å². The molecule has 1 aliphatic rings. The van der Waals surface area contributed by atoms with E-state index in [-0.39, 0.29) is 12.1 Å². The maximum Gasteiger partial charge on any atom is 0.142 e. The zero-order chi connectivity index (χ0) is 15.5. The van der Waals surface area contributed by atoms with Crippen LogP contribution in [0.3, 0.4) is 0 Å². The molecule has 22 heavy (non-hydrogen) atoms. The summed E-state index contributed by atoms with van der Waals surface area (Å²) in [5.74, 6) is 0.649. The summed E-state index contributed by atoms with van der Waals surface area (Å²) in [5, 5.41) is 11.6. The first-order chi connectivity index (χ1) is 10.7. The zero-order valence-electron chi connectivity index (χ0n) is 12.1. The van der Waals surface area contributed by atoms with Gasteiger partial charge in [0.1, 0.15) is 11.9 Å². The third-order valence-corrected chi connectivity index (χ3v) is 4.26. The van der Waals surface area contributed by atoms with Gasteiger partial charge in [0.2, 0.25) is 0 Å². The number of halogens is 2. The number of nitrogens with zero attached hydrogens (tertiary/aromatic N) is 1. The number of methoxy groups -OCH3 is 1. The summed E-state index contributed by atoms with van der Waals surface area (Å²) in [5.41, 5.74) is 1.90. The van der Waals surface area contributed by atoms with Gasteiger partial charge in [0.15, 0.2) is 0 Å². The average Bonchev–Trinajstić information content (AvgIpc) is 3.15. The lowest BCUT2D eigenvalue weighted by molar-refractivity contribution is 0.0950. The molecule has 118 valence electrons. The first-order valence-electron chi connectivity index (χ1n) is 7.05. The average molecular weight is 342 g/mol. The van der Waals surface area contributed by atoms with Crippen molar-refractivity contribution in [2.75, 3.05) is 13.7 Å². The SMILES string of the molecule is COc1c(Cl)cc(Cl)cc1CN[C@H]1CCO[C@@H]1c1ccn[nH]1. The molecule has 7 heteroatoms. The summed E-state index contributed by atoms with van der Waals surface area (Å²) >= 11 is 12.2. The molecule has 0 unspecified atom stereocenters. The molecule has 2 heterocycles. The van der Waals surface area contributed by atoms with Crippen molar-refractivity contribution in [2.24, 2.45) is 0 Å². The standard InChI is InChI=1S/C15H17Cl2N3O2/c1-21-14-9(6-10(16)7-11(14)17)8-18-12-3-5-22-15(12)13-2-4-19-20-13/h2,4,6-7,12,15,18H,3,5,8H2,1H3,(H,19,20)/t12-,15-/m0/s1. The molecular weight excluding hydrogens is 325 g/mol. The minimum absolute atomic E-state index is 0.0249. The molecule has 5 nitrogen and oxygen atoms in total. The Hall–Kier alpha value is -1.27. The first kappa shape index (κ1) is 15.6. The van der Waals surface area contributed by atoms with E-state index < -0.39 is 0 Å². The van der Waals surface area contributed by atoms with Crippen LogP contribution >= 0.6 is 23.2 Å². The van der Waals surface area contributed by atoms with Crippen LogP contribution in [0, 0.1) is 0 Å². The number of aromatic nitrogens is 2. The van der Waals surface area contributed by atoms with E-state index in [0.717, 1.165) is 24.3 Å². The molecule has 0 bridgehead atoms. The number of hydrogen-bond acceptors (Lipinski definition) is 4. The van der Waals surface area contributed by atoms with Gasteiger partial charge in [-0.05, 0) is 24.6 Å². The highest BCUT2D eigenvalue weighted by molar-refractivity contribution is 6.35. The minimum Gasteiger partial charge on any atom is -0.495 e. The molecule has 2 aromatic rings. The summed E-state index contributed by atoms with van der Waals surface area (Å²) in [6, 6.07) is 5.67. The fourth-order valence-corrected chi connectivity index (χ4v) is 3.36. The van der Waals surface area contributed by atoms with Crippen LogP contribution in [-0.2, 0) is 11.3 Å². The predicted octanol–water partition coefficient (Wildman–Crippen LogP) is 3.34. The molecule has 1 aliphatic heterocycles. The highest BCUT2D eigenvalue weighted by Gasteiger charge is 2.30. The smallest absolute Gasteiger partial charge is 0.142 e. The molecule has 0 saturated carbocycles. The highest BCUT2D eigenvalue weighted by Crippen LogP contribution is 2.33. The van der Waals surface area contributed by atoms with Crippen molar-refractivity contribution in [2.45, 2.75) is 25.1 Å². The van der Waals surface area contributed by atoms with Crippen LogP contribution in [0.5, 0.6) is 5.75 Å². The van der Waals surface area contributed by atoms with Crippen LogP contribution in [0.4, 0.5) is 0 Å². The second-order valence-electron chi connectivity index (χ2n) is 5.16. The maximum absolute atomic E-state index is 6.16. The van der Waals surface area contributed by atoms with Gasteiger partial charge in [-0.3, -0.25) is 5.10 Å². The predicted molar refractivity (Wildman–Crippen MR) is 85.5 cm³/mol. The Morgan fingerprint density at radius 3 is 3.05 bits per heavy atom. The third kappa shape index (κ3) is 3.22. The number of rotatable bonds is 5. The van der Waals surface area contributed by atoms with Crippen molar-refractivity contribution in [1.29, 1.82) is 0 Å². The molecule has 1 fully saturated rings. The number of benzene rings is 1. The number of ether oxygens (including phenoxy) is 2. The Morgan fingerprint density at radius 1 is 1.45 bits per heavy atom. The van der Waals surface area contributed by atoms with Gasteiger partial charge in [0.25, 0.3) is 0 Å². The van der Waals surface area contributed by atoms with Crippen molar-refractivity contribution < 1.29 is 9.47 Å². The van der Waals surface area contributed by atoms with Gasteiger partial charge in [-0.15, -0.1) is 0 Å². The topological polar surface area (TPSA) is 59.2 Å². The van der Waals surface area contributed by atoms with Crippen molar-refractivity contribution in [3.63, 3.8) is 0 Å². The summed E-state index contributed by atoms with van der Waals surface area (Å²) in [6.45, 7) is 1.32. The van der Waals surface area contributed by atoms with E-state index in [0.29, 0.717) is 22.3 Å². The van der Waals surface area contributed by atoms with Crippen LogP contribution in [-0.4, -0.2) is 30.0 Å². The maximum atomic E-state index is 6.16. The Kier molecular flexibility index (Phi) is 4.88. The summed E-state index contributed by atoms with van der Waals surface area (Å²) < 4.78 is 11.2. The van der Waals surface area contributed by atoms with Crippen molar-refractivity contribution in [3.8, 4) is 5.75 Å². The summed E-state index contributed by atoms with van der Waals surface area (Å²) in [6.07, 6.45) is 2.64. The van der Waals surface area contributed by atoms with Crippen LogP contribution in [0.15, 0.2) is 24.4 Å². The third-order valence-electron chi connectivity index (χ3n) is 3.76. The van der Waals surface area contributed by atoms with E-state index in [9.17, 15) is 0 Å². The van der Waals surface area contributed by atoms with E-state index in [2.05, 4.69) is 15.5 Å². The molecule has 2 N–H and O–H groups in total. The van der Waals surface area contributed by atoms with Crippen LogP contribution in [0.25, 0.3) is 0 Å². The van der Waals surface area contributed by atoms with Crippen molar-refractivity contribution >= 4 is 23.2 Å². The molecule has 0 amide bonds. The fourth-order valence-electron chi connectivity index (χ4n) is 2.74. The number of aromatic amines is 1. The molecule has 0 spiro atoms. The fraction of sp³-hybridized carbons (Fsp3) is 0.400. The Morgan fingerprint density at radius 2 is 2.32 bits per heavy atom. The molecule has 3 rings (SSSR count). The molecular formula is C15H17Cl2N3O2. The van der Waals surface area contributed by atoms with Crippen molar-refractivity contribution in [1.82, 2.24) is 15.5 Å². The van der Waals surface area contributed by atoms with Crippen LogP contribution in [0.2, 0.25) is 10.0 Å². The molecule has 1 aromatic heterocycles. The van der Waals surface area contributed by atoms with Gasteiger partial charge >= 0.3 is 0 Å². The molecule has 2 atom stereocenters. The Balaban J connectivity index is 1.72. The Bertz CT molecular complexity index is 634. The quantitative estimate of drug-likeness (QED) is 0.875. The van der Waals surface area contributed by atoms with E-state index in [1.54, 1.807) is 19.4 Å². The lowest BCUT2D eigenvalue weighted by atomic mass is 10.1. The van der Waals surface area contributed by atoms with E-state index in [1.807, 2.05) is 12.1 Å². The second kappa shape index (κ2) is 6.87. The monoisotopic (exact) mass is 341 g/mol. The van der Waals surface area contributed by atoms with Gasteiger partial charge in [0, 0.05) is 36.0 Å². The van der Waals surface area contributed by atoms with E-state index >= 15 is 0 Å². The Labute approximate surface area is 138 Å². The number of nitrogens with one attached hydrogen (secondary N) is 2. The van der Waals surface area contributed by atoms with Gasteiger partial charge in [-0.25, -0.2) is 0 Å². The number of H-pyrrole nitrogens is 1. The molecule has 0 aliphatic carbocycles. The largest absolute Gasteiger partial charge is 0.495 e. The lowest BCUT2D eigenvalue weighted by Gasteiger charge is -2.20. The van der Waals surface area contributed by atoms with Gasteiger partial charge in [0.05, 0.1) is 17.8 Å². The van der Waals surface area contributed by atoms with Crippen LogP contribution < -0.4 is 10.1 Å². The van der Waals surface area contributed by atoms with Gasteiger partial charge in [-0.1, -0.05) is 23.2 Å². The van der Waals surface area contributed by atoms with E-state index in [4.69, 9.17) is 32.7 Å². The van der Waals surface area contributed by atoms with Crippen molar-refractivity contribution in [3.05, 3.63) is 45.7 Å². The normalized spacial score (nSPS) is 21.2. The molecule has 0 radical (unpaired) electrons. The van der Waals surface area contributed by atoms with Gasteiger partial charge in [-0.2, -0.15) is 5.10 Å². The highest BCUT2D eigenvalue weighted by atomic mass is 35.5. The molecule has 1 saturated heterocycles. The minimum atomic E-state index is -0.0249. The van der Waals surface area contributed by atoms with E-state index in [1.165, 1.54) is 0 Å². The summed E-state index contributed by atoms with van der Waals surface area (Å²) in [4.78, 5) is 0. The lowest BCUT2D eigenvalue weighted by Crippen LogP contribution is -2.31. The molecule has 1 aromatic carbocycles.